The monoisotopic (exact) mass is 281 g/mol. The van der Waals surface area contributed by atoms with Gasteiger partial charge in [-0.15, -0.1) is 0 Å². The first-order chi connectivity index (χ1) is 9.72. The highest BCUT2D eigenvalue weighted by molar-refractivity contribution is 5.76. The molecule has 0 bridgehead atoms. The molecule has 20 heavy (non-hydrogen) atoms. The lowest BCUT2D eigenvalue weighted by Gasteiger charge is -2.25. The Kier molecular flexibility index (Phi) is 7.95. The molecule has 5 nitrogen and oxygen atoms in total. The van der Waals surface area contributed by atoms with Crippen molar-refractivity contribution in [3.63, 3.8) is 0 Å². The summed E-state index contributed by atoms with van der Waals surface area (Å²) in [7, 11) is 0. The van der Waals surface area contributed by atoms with E-state index in [-0.39, 0.29) is 18.6 Å². The van der Waals surface area contributed by atoms with E-state index in [4.69, 9.17) is 5.11 Å². The average molecular weight is 281 g/mol. The lowest BCUT2D eigenvalue weighted by Crippen LogP contribution is -2.35. The van der Waals surface area contributed by atoms with Crippen molar-refractivity contribution in [3.8, 4) is 0 Å². The Balaban J connectivity index is 2.62. The van der Waals surface area contributed by atoms with E-state index >= 15 is 0 Å². The van der Waals surface area contributed by atoms with E-state index in [1.54, 1.807) is 17.4 Å². The fourth-order valence-corrected chi connectivity index (χ4v) is 2.34. The van der Waals surface area contributed by atoms with E-state index in [0.717, 1.165) is 32.2 Å². The molecule has 0 aromatic carbocycles. The Bertz CT molecular complexity index is 365. The summed E-state index contributed by atoms with van der Waals surface area (Å²) >= 11 is 0. The molecule has 1 N–H and O–H groups in total. The molecule has 0 radical (unpaired) electrons. The quantitative estimate of drug-likeness (QED) is 0.715. The molecule has 1 heterocycles. The van der Waals surface area contributed by atoms with Crippen molar-refractivity contribution in [2.45, 2.75) is 52.0 Å². The van der Waals surface area contributed by atoms with Gasteiger partial charge in [0.1, 0.15) is 0 Å². The summed E-state index contributed by atoms with van der Waals surface area (Å²) in [6, 6.07) is 0.165. The number of amides is 1. The van der Waals surface area contributed by atoms with E-state index in [1.165, 1.54) is 0 Å². The van der Waals surface area contributed by atoms with Gasteiger partial charge in [0.25, 0.3) is 0 Å². The standard InChI is InChI=1S/C15H27N3O2/c1-3-5-8-17(10-11-19)15(20)12-14(6-4-2)18-9-7-16-13-18/h7,9,13-14,19H,3-6,8,10-12H2,1-2H3. The van der Waals surface area contributed by atoms with Crippen LogP contribution in [0.1, 0.15) is 52.0 Å². The van der Waals surface area contributed by atoms with Crippen molar-refractivity contribution < 1.29 is 9.90 Å². The Morgan fingerprint density at radius 1 is 1.35 bits per heavy atom. The lowest BCUT2D eigenvalue weighted by atomic mass is 10.1. The van der Waals surface area contributed by atoms with Crippen LogP contribution in [0.25, 0.3) is 0 Å². The van der Waals surface area contributed by atoms with Crippen molar-refractivity contribution >= 4 is 5.91 Å². The number of hydrogen-bond acceptors (Lipinski definition) is 3. The Hall–Kier alpha value is -1.36. The minimum atomic E-state index is 0.0268. The van der Waals surface area contributed by atoms with Crippen LogP contribution in [0.15, 0.2) is 18.7 Å². The number of carbonyl (C=O) groups excluding carboxylic acids is 1. The summed E-state index contributed by atoms with van der Waals surface area (Å²) in [4.78, 5) is 18.2. The average Bonchev–Trinajstić information content (AvgIpc) is 2.96. The minimum Gasteiger partial charge on any atom is -0.395 e. The Labute approximate surface area is 121 Å². The van der Waals surface area contributed by atoms with E-state index in [0.29, 0.717) is 13.0 Å². The molecule has 1 amide bonds. The second kappa shape index (κ2) is 9.53. The number of rotatable bonds is 10. The van der Waals surface area contributed by atoms with Crippen molar-refractivity contribution in [3.05, 3.63) is 18.7 Å². The highest BCUT2D eigenvalue weighted by Gasteiger charge is 2.19. The molecule has 1 aromatic heterocycles. The van der Waals surface area contributed by atoms with E-state index < -0.39 is 0 Å². The van der Waals surface area contributed by atoms with Crippen LogP contribution in [-0.2, 0) is 4.79 Å². The SMILES string of the molecule is CCCCN(CCO)C(=O)CC(CCC)n1ccnc1. The molecule has 0 aliphatic rings. The van der Waals surface area contributed by atoms with Crippen molar-refractivity contribution in [2.24, 2.45) is 0 Å². The van der Waals surface area contributed by atoms with Gasteiger partial charge in [-0.25, -0.2) is 4.98 Å². The molecule has 5 heteroatoms. The third kappa shape index (κ3) is 5.33. The Morgan fingerprint density at radius 2 is 2.15 bits per heavy atom. The number of imidazole rings is 1. The smallest absolute Gasteiger partial charge is 0.224 e. The Morgan fingerprint density at radius 3 is 2.70 bits per heavy atom. The number of nitrogens with zero attached hydrogens (tertiary/aromatic N) is 3. The van der Waals surface area contributed by atoms with E-state index in [2.05, 4.69) is 18.8 Å². The molecule has 114 valence electrons. The third-order valence-corrected chi connectivity index (χ3v) is 3.48. The maximum absolute atomic E-state index is 12.4. The van der Waals surface area contributed by atoms with Crippen LogP contribution in [0.5, 0.6) is 0 Å². The van der Waals surface area contributed by atoms with Gasteiger partial charge in [0.2, 0.25) is 5.91 Å². The predicted octanol–water partition coefficient (Wildman–Crippen LogP) is 2.24. The molecule has 0 spiro atoms. The highest BCUT2D eigenvalue weighted by Crippen LogP contribution is 2.19. The normalized spacial score (nSPS) is 12.3. The molecular formula is C15H27N3O2. The van der Waals surface area contributed by atoms with Crippen LogP contribution in [0.3, 0.4) is 0 Å². The molecular weight excluding hydrogens is 254 g/mol. The maximum atomic E-state index is 12.4. The summed E-state index contributed by atoms with van der Waals surface area (Å²) in [5, 5.41) is 9.10. The number of hydrogen-bond donors (Lipinski definition) is 1. The fourth-order valence-electron chi connectivity index (χ4n) is 2.34. The summed E-state index contributed by atoms with van der Waals surface area (Å²) in [6.45, 7) is 5.42. The maximum Gasteiger partial charge on any atom is 0.224 e. The van der Waals surface area contributed by atoms with Crippen LogP contribution < -0.4 is 0 Å². The summed E-state index contributed by atoms with van der Waals surface area (Å²) in [5.41, 5.74) is 0. The van der Waals surface area contributed by atoms with Crippen LogP contribution in [0.4, 0.5) is 0 Å². The topological polar surface area (TPSA) is 58.4 Å². The number of aromatic nitrogens is 2. The van der Waals surface area contributed by atoms with Gasteiger partial charge >= 0.3 is 0 Å². The van der Waals surface area contributed by atoms with Crippen molar-refractivity contribution in [1.29, 1.82) is 0 Å². The predicted molar refractivity (Wildman–Crippen MR) is 79.4 cm³/mol. The van der Waals surface area contributed by atoms with Crippen molar-refractivity contribution in [2.75, 3.05) is 19.7 Å². The molecule has 1 rings (SSSR count). The zero-order valence-electron chi connectivity index (χ0n) is 12.7. The van der Waals surface area contributed by atoms with Gasteiger partial charge in [-0.3, -0.25) is 4.79 Å². The van der Waals surface area contributed by atoms with Crippen LogP contribution in [-0.4, -0.2) is 45.2 Å². The van der Waals surface area contributed by atoms with E-state index in [1.807, 2.05) is 10.8 Å². The fraction of sp³-hybridized carbons (Fsp3) is 0.733. The third-order valence-electron chi connectivity index (χ3n) is 3.48. The van der Waals surface area contributed by atoms with E-state index in [9.17, 15) is 4.79 Å². The zero-order chi connectivity index (χ0) is 14.8. The molecule has 0 aliphatic heterocycles. The van der Waals surface area contributed by atoms with Crippen LogP contribution >= 0.6 is 0 Å². The van der Waals surface area contributed by atoms with Gasteiger partial charge in [0, 0.05) is 37.9 Å². The number of carbonyl (C=O) groups is 1. The van der Waals surface area contributed by atoms with Gasteiger partial charge in [0.05, 0.1) is 12.9 Å². The molecule has 1 atom stereocenters. The minimum absolute atomic E-state index is 0.0268. The summed E-state index contributed by atoms with van der Waals surface area (Å²) in [6.07, 6.45) is 9.94. The highest BCUT2D eigenvalue weighted by atomic mass is 16.3. The first-order valence-electron chi connectivity index (χ1n) is 7.59. The lowest BCUT2D eigenvalue weighted by molar-refractivity contribution is -0.132. The van der Waals surface area contributed by atoms with Crippen LogP contribution in [0.2, 0.25) is 0 Å². The molecule has 0 saturated heterocycles. The van der Waals surface area contributed by atoms with Gasteiger partial charge < -0.3 is 14.6 Å². The molecule has 0 fully saturated rings. The zero-order valence-corrected chi connectivity index (χ0v) is 12.7. The second-order valence-electron chi connectivity index (χ2n) is 5.11. The summed E-state index contributed by atoms with van der Waals surface area (Å²) in [5.74, 6) is 0.125. The summed E-state index contributed by atoms with van der Waals surface area (Å²) < 4.78 is 2.01. The first-order valence-corrected chi connectivity index (χ1v) is 7.59. The van der Waals surface area contributed by atoms with Gasteiger partial charge in [-0.1, -0.05) is 26.7 Å². The van der Waals surface area contributed by atoms with Crippen molar-refractivity contribution in [1.82, 2.24) is 14.5 Å². The van der Waals surface area contributed by atoms with Crippen LogP contribution in [0, 0.1) is 0 Å². The second-order valence-corrected chi connectivity index (χ2v) is 5.11. The molecule has 0 aliphatic carbocycles. The molecule has 1 unspecified atom stereocenters. The van der Waals surface area contributed by atoms with Gasteiger partial charge in [-0.05, 0) is 12.8 Å². The largest absolute Gasteiger partial charge is 0.395 e. The molecule has 0 saturated carbocycles. The number of unbranched alkanes of at least 4 members (excludes halogenated alkanes) is 1. The number of aliphatic hydroxyl groups excluding tert-OH is 1. The number of aliphatic hydroxyl groups is 1. The van der Waals surface area contributed by atoms with Gasteiger partial charge in [-0.2, -0.15) is 0 Å². The first kappa shape index (κ1) is 16.7. The molecule has 1 aromatic rings. The van der Waals surface area contributed by atoms with Gasteiger partial charge in [0.15, 0.2) is 0 Å².